The van der Waals surface area contributed by atoms with E-state index in [1.807, 2.05) is 25.1 Å². The Bertz CT molecular complexity index is 455. The number of thioether (sulfide) groups is 1. The van der Waals surface area contributed by atoms with Crippen LogP contribution >= 0.6 is 11.8 Å². The number of amides is 1. The van der Waals surface area contributed by atoms with Crippen LogP contribution in [0.15, 0.2) is 42.0 Å². The summed E-state index contributed by atoms with van der Waals surface area (Å²) in [5.74, 6) is 1.04. The molecule has 0 bridgehead atoms. The average molecular weight is 289 g/mol. The molecular formula is C17H23NOS. The lowest BCUT2D eigenvalue weighted by Gasteiger charge is -2.16. The summed E-state index contributed by atoms with van der Waals surface area (Å²) in [7, 11) is 0. The highest BCUT2D eigenvalue weighted by molar-refractivity contribution is 7.99. The van der Waals surface area contributed by atoms with Crippen LogP contribution in [-0.2, 0) is 10.5 Å². The number of hydrogen-bond donors (Lipinski definition) is 1. The van der Waals surface area contributed by atoms with Crippen molar-refractivity contribution in [2.75, 3.05) is 6.54 Å². The Balaban J connectivity index is 1.70. The molecule has 1 aliphatic rings. The molecule has 3 heteroatoms. The lowest BCUT2D eigenvalue weighted by Crippen LogP contribution is -2.32. The van der Waals surface area contributed by atoms with Crippen LogP contribution in [0, 0.1) is 0 Å². The smallest absolute Gasteiger partial charge is 0.233 e. The van der Waals surface area contributed by atoms with E-state index in [1.54, 1.807) is 11.8 Å². The van der Waals surface area contributed by atoms with Crippen LogP contribution < -0.4 is 5.32 Å². The Hall–Kier alpha value is -1.22. The second-order valence-electron chi connectivity index (χ2n) is 5.26. The number of benzene rings is 1. The normalized spacial score (nSPS) is 16.4. The third kappa shape index (κ3) is 5.04. The molecule has 2 rings (SSSR count). The Morgan fingerprint density at radius 1 is 1.30 bits per heavy atom. The summed E-state index contributed by atoms with van der Waals surface area (Å²) in [5, 5.41) is 3.06. The van der Waals surface area contributed by atoms with Crippen LogP contribution in [0.5, 0.6) is 0 Å². The Morgan fingerprint density at radius 3 is 2.80 bits per heavy atom. The molecule has 1 aliphatic carbocycles. The summed E-state index contributed by atoms with van der Waals surface area (Å²) in [5.41, 5.74) is 2.66. The van der Waals surface area contributed by atoms with Crippen LogP contribution in [0.3, 0.4) is 0 Å². The minimum Gasteiger partial charge on any atom is -0.351 e. The van der Waals surface area contributed by atoms with Gasteiger partial charge in [-0.2, -0.15) is 0 Å². The molecule has 1 N–H and O–H groups in total. The van der Waals surface area contributed by atoms with E-state index in [-0.39, 0.29) is 11.2 Å². The van der Waals surface area contributed by atoms with Crippen molar-refractivity contribution in [3.63, 3.8) is 0 Å². The van der Waals surface area contributed by atoms with E-state index < -0.39 is 0 Å². The number of carbonyl (C=O) groups excluding carboxylic acids is 1. The van der Waals surface area contributed by atoms with E-state index in [4.69, 9.17) is 0 Å². The van der Waals surface area contributed by atoms with E-state index in [0.717, 1.165) is 18.7 Å². The molecule has 0 aliphatic heterocycles. The molecule has 1 unspecified atom stereocenters. The van der Waals surface area contributed by atoms with Crippen LogP contribution in [0.4, 0.5) is 0 Å². The topological polar surface area (TPSA) is 29.1 Å². The largest absolute Gasteiger partial charge is 0.351 e. The van der Waals surface area contributed by atoms with Gasteiger partial charge in [-0.25, -0.2) is 0 Å². The molecule has 0 saturated carbocycles. The summed E-state index contributed by atoms with van der Waals surface area (Å²) >= 11 is 1.69. The lowest BCUT2D eigenvalue weighted by molar-refractivity contribution is -0.120. The second kappa shape index (κ2) is 8.15. The van der Waals surface area contributed by atoms with Gasteiger partial charge in [-0.3, -0.25) is 4.79 Å². The van der Waals surface area contributed by atoms with Crippen molar-refractivity contribution in [2.24, 2.45) is 0 Å². The maximum atomic E-state index is 12.0. The summed E-state index contributed by atoms with van der Waals surface area (Å²) in [4.78, 5) is 12.0. The highest BCUT2D eigenvalue weighted by atomic mass is 32.2. The minimum absolute atomic E-state index is 0.000559. The molecule has 1 aromatic rings. The molecule has 0 aromatic heterocycles. The molecule has 0 heterocycles. The molecule has 1 amide bonds. The van der Waals surface area contributed by atoms with Gasteiger partial charge in [0.2, 0.25) is 5.91 Å². The van der Waals surface area contributed by atoms with Gasteiger partial charge in [-0.1, -0.05) is 42.0 Å². The van der Waals surface area contributed by atoms with Crippen LogP contribution in [0.2, 0.25) is 0 Å². The molecular weight excluding hydrogens is 266 g/mol. The lowest BCUT2D eigenvalue weighted by atomic mass is 10.00. The van der Waals surface area contributed by atoms with Gasteiger partial charge in [0.25, 0.3) is 0 Å². The van der Waals surface area contributed by atoms with Crippen molar-refractivity contribution in [1.29, 1.82) is 0 Å². The quantitative estimate of drug-likeness (QED) is 0.804. The first-order valence-electron chi connectivity index (χ1n) is 7.37. The first-order chi connectivity index (χ1) is 9.75. The monoisotopic (exact) mass is 289 g/mol. The van der Waals surface area contributed by atoms with E-state index in [9.17, 15) is 4.79 Å². The van der Waals surface area contributed by atoms with E-state index in [0.29, 0.717) is 0 Å². The fourth-order valence-corrected chi connectivity index (χ4v) is 3.15. The fraction of sp³-hybridized carbons (Fsp3) is 0.471. The van der Waals surface area contributed by atoms with Crippen molar-refractivity contribution >= 4 is 17.7 Å². The van der Waals surface area contributed by atoms with E-state index >= 15 is 0 Å². The Morgan fingerprint density at radius 2 is 2.10 bits per heavy atom. The predicted molar refractivity (Wildman–Crippen MR) is 86.8 cm³/mol. The summed E-state index contributed by atoms with van der Waals surface area (Å²) in [6.45, 7) is 2.72. The second-order valence-corrected chi connectivity index (χ2v) is 6.59. The van der Waals surface area contributed by atoms with Gasteiger partial charge in [-0.05, 0) is 38.2 Å². The number of hydrogen-bond acceptors (Lipinski definition) is 2. The number of nitrogens with one attached hydrogen (secondary N) is 1. The maximum absolute atomic E-state index is 12.0. The molecule has 1 atom stereocenters. The van der Waals surface area contributed by atoms with Gasteiger partial charge in [-0.15, -0.1) is 11.8 Å². The van der Waals surface area contributed by atoms with Crippen molar-refractivity contribution in [2.45, 2.75) is 43.6 Å². The van der Waals surface area contributed by atoms with Gasteiger partial charge in [0.05, 0.1) is 5.25 Å². The molecule has 20 heavy (non-hydrogen) atoms. The molecule has 0 fully saturated rings. The molecule has 2 nitrogen and oxygen atoms in total. The first-order valence-corrected chi connectivity index (χ1v) is 8.42. The van der Waals surface area contributed by atoms with Gasteiger partial charge >= 0.3 is 0 Å². The van der Waals surface area contributed by atoms with Crippen molar-refractivity contribution in [3.05, 3.63) is 47.5 Å². The van der Waals surface area contributed by atoms with Gasteiger partial charge in [0.1, 0.15) is 0 Å². The zero-order valence-electron chi connectivity index (χ0n) is 12.1. The highest BCUT2D eigenvalue weighted by Crippen LogP contribution is 2.19. The Kier molecular flexibility index (Phi) is 6.19. The number of rotatable bonds is 6. The standard InChI is InChI=1S/C17H23NOS/c1-14(20-13-16-10-6-3-7-11-16)17(19)18-12-15-8-4-2-5-9-15/h3,6-8,10-11,14H,2,4-5,9,12-13H2,1H3,(H,18,19). The summed E-state index contributed by atoms with van der Waals surface area (Å²) < 4.78 is 0. The molecule has 0 spiro atoms. The molecule has 0 radical (unpaired) electrons. The maximum Gasteiger partial charge on any atom is 0.233 e. The van der Waals surface area contributed by atoms with Gasteiger partial charge < -0.3 is 5.32 Å². The van der Waals surface area contributed by atoms with Crippen molar-refractivity contribution in [1.82, 2.24) is 5.32 Å². The number of carbonyl (C=O) groups is 1. The zero-order valence-corrected chi connectivity index (χ0v) is 12.9. The molecule has 108 valence electrons. The van der Waals surface area contributed by atoms with E-state index in [1.165, 1.54) is 30.4 Å². The fourth-order valence-electron chi connectivity index (χ4n) is 2.28. The first kappa shape index (κ1) is 15.2. The van der Waals surface area contributed by atoms with Crippen molar-refractivity contribution in [3.8, 4) is 0 Å². The number of allylic oxidation sites excluding steroid dienone is 1. The Labute approximate surface area is 126 Å². The predicted octanol–water partition coefficient (Wildman–Crippen LogP) is 3.92. The van der Waals surface area contributed by atoms with Gasteiger partial charge in [0, 0.05) is 12.3 Å². The highest BCUT2D eigenvalue weighted by Gasteiger charge is 2.13. The van der Waals surface area contributed by atoms with Crippen LogP contribution in [0.1, 0.15) is 38.2 Å². The minimum atomic E-state index is -0.000559. The average Bonchev–Trinajstić information content (AvgIpc) is 2.52. The van der Waals surface area contributed by atoms with Crippen LogP contribution in [0.25, 0.3) is 0 Å². The zero-order chi connectivity index (χ0) is 14.2. The van der Waals surface area contributed by atoms with Gasteiger partial charge in [0.15, 0.2) is 0 Å². The SMILES string of the molecule is CC(SCc1ccccc1)C(=O)NCC1=CCCCC1. The summed E-state index contributed by atoms with van der Waals surface area (Å²) in [6, 6.07) is 10.3. The summed E-state index contributed by atoms with van der Waals surface area (Å²) in [6.07, 6.45) is 7.15. The third-order valence-corrected chi connectivity index (χ3v) is 4.80. The van der Waals surface area contributed by atoms with Crippen LogP contribution in [-0.4, -0.2) is 17.7 Å². The molecule has 1 aromatic carbocycles. The van der Waals surface area contributed by atoms with Crippen molar-refractivity contribution < 1.29 is 4.79 Å². The third-order valence-electron chi connectivity index (χ3n) is 3.59. The van der Waals surface area contributed by atoms with E-state index in [2.05, 4.69) is 23.5 Å². The molecule has 0 saturated heterocycles.